The van der Waals surface area contributed by atoms with Gasteiger partial charge < -0.3 is 4.42 Å². The predicted octanol–water partition coefficient (Wildman–Crippen LogP) is 7.62. The molecule has 4 aromatic carbocycles. The zero-order valence-corrected chi connectivity index (χ0v) is 14.7. The third-order valence-electron chi connectivity index (χ3n) is 5.20. The molecule has 0 saturated carbocycles. The maximum absolute atomic E-state index is 5.37. The van der Waals surface area contributed by atoms with Gasteiger partial charge in [0.05, 0.1) is 12.5 Å². The van der Waals surface area contributed by atoms with E-state index in [-0.39, 0.29) is 0 Å². The van der Waals surface area contributed by atoms with Crippen molar-refractivity contribution >= 4 is 53.1 Å². The summed E-state index contributed by atoms with van der Waals surface area (Å²) in [6.07, 6.45) is 3.58. The lowest BCUT2D eigenvalue weighted by atomic mass is 9.93. The molecule has 2 heterocycles. The van der Waals surface area contributed by atoms with Gasteiger partial charge in [-0.15, -0.1) is 11.3 Å². The van der Waals surface area contributed by atoms with Crippen molar-refractivity contribution < 1.29 is 4.42 Å². The van der Waals surface area contributed by atoms with Gasteiger partial charge in [-0.2, -0.15) is 0 Å². The van der Waals surface area contributed by atoms with Crippen LogP contribution in [0.1, 0.15) is 0 Å². The van der Waals surface area contributed by atoms with E-state index in [2.05, 4.69) is 66.7 Å². The van der Waals surface area contributed by atoms with Crippen LogP contribution >= 0.6 is 11.3 Å². The third-order valence-corrected chi connectivity index (χ3v) is 6.40. The Morgan fingerprint density at radius 3 is 2.38 bits per heavy atom. The van der Waals surface area contributed by atoms with E-state index >= 15 is 0 Å². The van der Waals surface area contributed by atoms with Crippen LogP contribution in [0.4, 0.5) is 0 Å². The van der Waals surface area contributed by atoms with Gasteiger partial charge >= 0.3 is 0 Å². The lowest BCUT2D eigenvalue weighted by Gasteiger charge is -2.10. The highest BCUT2D eigenvalue weighted by molar-refractivity contribution is 7.26. The van der Waals surface area contributed by atoms with Crippen molar-refractivity contribution in [1.82, 2.24) is 0 Å². The second-order valence-corrected chi connectivity index (χ2v) is 7.67. The molecular weight excluding hydrogens is 336 g/mol. The molecule has 0 aliphatic carbocycles. The van der Waals surface area contributed by atoms with Crippen molar-refractivity contribution in [2.24, 2.45) is 0 Å². The Balaban J connectivity index is 1.91. The minimum atomic E-state index is 1.13. The number of rotatable bonds is 1. The number of thiophene rings is 1. The van der Waals surface area contributed by atoms with Gasteiger partial charge in [0.15, 0.2) is 0 Å². The molecule has 26 heavy (non-hydrogen) atoms. The molecule has 2 aromatic heterocycles. The summed E-state index contributed by atoms with van der Waals surface area (Å²) in [5.41, 5.74) is 2.35. The van der Waals surface area contributed by atoms with Crippen LogP contribution in [0.15, 0.2) is 89.7 Å². The molecule has 0 fully saturated rings. The van der Waals surface area contributed by atoms with Crippen LogP contribution in [0.25, 0.3) is 52.8 Å². The average molecular weight is 350 g/mol. The fourth-order valence-corrected chi connectivity index (χ4v) is 5.29. The molecule has 0 unspecified atom stereocenters. The predicted molar refractivity (Wildman–Crippen MR) is 112 cm³/mol. The lowest BCUT2D eigenvalue weighted by Crippen LogP contribution is -1.83. The Labute approximate surface area is 154 Å². The second kappa shape index (κ2) is 5.20. The molecule has 0 radical (unpaired) electrons. The van der Waals surface area contributed by atoms with Gasteiger partial charge in [-0.05, 0) is 39.9 Å². The van der Waals surface area contributed by atoms with Crippen LogP contribution in [0.5, 0.6) is 0 Å². The Hall–Kier alpha value is -3.10. The van der Waals surface area contributed by atoms with E-state index in [0.717, 1.165) is 5.56 Å². The Morgan fingerprint density at radius 2 is 1.50 bits per heavy atom. The molecule has 0 spiro atoms. The van der Waals surface area contributed by atoms with Gasteiger partial charge in [0.1, 0.15) is 0 Å². The van der Waals surface area contributed by atoms with E-state index in [1.165, 1.54) is 47.3 Å². The summed E-state index contributed by atoms with van der Waals surface area (Å²) in [7, 11) is 0. The van der Waals surface area contributed by atoms with Crippen molar-refractivity contribution in [1.29, 1.82) is 0 Å². The van der Waals surface area contributed by atoms with Gasteiger partial charge in [0, 0.05) is 31.1 Å². The van der Waals surface area contributed by atoms with Crippen LogP contribution in [0.3, 0.4) is 0 Å². The molecule has 0 aliphatic rings. The monoisotopic (exact) mass is 350 g/mol. The van der Waals surface area contributed by atoms with Gasteiger partial charge in [-0.3, -0.25) is 0 Å². The number of fused-ring (bicyclic) bond motifs is 7. The van der Waals surface area contributed by atoms with Crippen LogP contribution in [-0.2, 0) is 0 Å². The quantitative estimate of drug-likeness (QED) is 0.278. The van der Waals surface area contributed by atoms with E-state index in [9.17, 15) is 0 Å². The van der Waals surface area contributed by atoms with Crippen molar-refractivity contribution in [3.8, 4) is 11.1 Å². The topological polar surface area (TPSA) is 13.1 Å². The summed E-state index contributed by atoms with van der Waals surface area (Å²) in [5.74, 6) is 0. The van der Waals surface area contributed by atoms with E-state index in [1.54, 1.807) is 6.26 Å². The molecular formula is C24H14OS. The highest BCUT2D eigenvalue weighted by atomic mass is 32.1. The van der Waals surface area contributed by atoms with E-state index in [1.807, 2.05) is 23.7 Å². The lowest BCUT2D eigenvalue weighted by molar-refractivity contribution is 0.568. The maximum Gasteiger partial charge on any atom is 0.0981 e. The molecule has 1 nitrogen and oxygen atoms in total. The minimum absolute atomic E-state index is 1.13. The summed E-state index contributed by atoms with van der Waals surface area (Å²) in [5, 5.41) is 7.88. The molecule has 0 aliphatic heterocycles. The van der Waals surface area contributed by atoms with Gasteiger partial charge in [-0.25, -0.2) is 0 Å². The first-order valence-electron chi connectivity index (χ1n) is 8.68. The van der Waals surface area contributed by atoms with Crippen LogP contribution < -0.4 is 0 Å². The van der Waals surface area contributed by atoms with Crippen molar-refractivity contribution in [3.63, 3.8) is 0 Å². The number of benzene rings is 4. The van der Waals surface area contributed by atoms with Crippen LogP contribution in [0.2, 0.25) is 0 Å². The Morgan fingerprint density at radius 1 is 0.692 bits per heavy atom. The summed E-state index contributed by atoms with van der Waals surface area (Å²) < 4.78 is 8.07. The zero-order valence-electron chi connectivity index (χ0n) is 13.9. The largest absolute Gasteiger partial charge is 0.472 e. The average Bonchev–Trinajstić information content (AvgIpc) is 3.34. The first-order chi connectivity index (χ1) is 12.9. The molecule has 0 bridgehead atoms. The van der Waals surface area contributed by atoms with Crippen molar-refractivity contribution in [2.45, 2.75) is 0 Å². The Kier molecular flexibility index (Phi) is 2.82. The van der Waals surface area contributed by atoms with Crippen LogP contribution in [0, 0.1) is 0 Å². The van der Waals surface area contributed by atoms with Gasteiger partial charge in [-0.1, -0.05) is 54.6 Å². The molecule has 122 valence electrons. The molecule has 6 rings (SSSR count). The molecule has 0 atom stereocenters. The summed E-state index contributed by atoms with van der Waals surface area (Å²) in [6, 6.07) is 26.2. The number of hydrogen-bond donors (Lipinski definition) is 0. The van der Waals surface area contributed by atoms with Crippen LogP contribution in [-0.4, -0.2) is 0 Å². The van der Waals surface area contributed by atoms with E-state index in [0.29, 0.717) is 0 Å². The minimum Gasteiger partial charge on any atom is -0.472 e. The fourth-order valence-electron chi connectivity index (χ4n) is 4.02. The normalized spacial score (nSPS) is 11.8. The maximum atomic E-state index is 5.37. The standard InChI is InChI=1S/C24H14OS/c1-2-6-17-15(5-1)13-21(16-11-12-25-14-16)19-9-10-20-18-7-3-4-8-22(18)26-24(20)23(17)19/h1-14H. The second-order valence-electron chi connectivity index (χ2n) is 6.62. The molecule has 0 saturated heterocycles. The highest BCUT2D eigenvalue weighted by Crippen LogP contribution is 2.44. The number of furan rings is 1. The first kappa shape index (κ1) is 14.1. The zero-order chi connectivity index (χ0) is 17.1. The first-order valence-corrected chi connectivity index (χ1v) is 9.50. The molecule has 6 aromatic rings. The summed E-state index contributed by atoms with van der Waals surface area (Å²) in [4.78, 5) is 0. The SMILES string of the molecule is c1ccc2c(c1)cc(-c1ccoc1)c1ccc3c4ccccc4sc3c12. The Bertz CT molecular complexity index is 1420. The number of hydrogen-bond acceptors (Lipinski definition) is 2. The van der Waals surface area contributed by atoms with Crippen molar-refractivity contribution in [2.75, 3.05) is 0 Å². The summed E-state index contributed by atoms with van der Waals surface area (Å²) >= 11 is 1.89. The summed E-state index contributed by atoms with van der Waals surface area (Å²) in [6.45, 7) is 0. The van der Waals surface area contributed by atoms with Gasteiger partial charge in [0.25, 0.3) is 0 Å². The van der Waals surface area contributed by atoms with Gasteiger partial charge in [0.2, 0.25) is 0 Å². The van der Waals surface area contributed by atoms with E-state index < -0.39 is 0 Å². The smallest absolute Gasteiger partial charge is 0.0981 e. The third kappa shape index (κ3) is 1.85. The molecule has 0 amide bonds. The molecule has 0 N–H and O–H groups in total. The van der Waals surface area contributed by atoms with Crippen molar-refractivity contribution in [3.05, 3.63) is 85.3 Å². The molecule has 2 heteroatoms. The van der Waals surface area contributed by atoms with E-state index in [4.69, 9.17) is 4.42 Å². The fraction of sp³-hybridized carbons (Fsp3) is 0. The highest BCUT2D eigenvalue weighted by Gasteiger charge is 2.14.